The summed E-state index contributed by atoms with van der Waals surface area (Å²) >= 11 is 0. The lowest BCUT2D eigenvalue weighted by Gasteiger charge is -2.38. The molecule has 5 nitrogen and oxygen atoms in total. The van der Waals surface area contributed by atoms with Gasteiger partial charge >= 0.3 is 0 Å². The molecule has 2 aromatic carbocycles. The van der Waals surface area contributed by atoms with Crippen molar-refractivity contribution in [2.75, 3.05) is 0 Å². The molecule has 3 aromatic rings. The molecule has 0 spiro atoms. The standard InChI is InChI=1S/C24H23FN4O/c25-20-7-4-8-22-19(20)14-27-28(22)15-24-11-17(12-24)18(13-24)23(30)29-21(9-10-26-29)16-5-2-1-3-6-16/h1-8,10,14,17-18,21H,9,11-13,15H2/t17?,18-,21?,24?/m0/s1. The third kappa shape index (κ3) is 2.62. The molecule has 2 atom stereocenters. The topological polar surface area (TPSA) is 50.5 Å². The number of carbonyl (C=O) groups is 1. The normalized spacial score (nSPS) is 29.5. The number of hydrogen-bond donors (Lipinski definition) is 0. The average molecular weight is 402 g/mol. The molecule has 1 amide bonds. The van der Waals surface area contributed by atoms with Gasteiger partial charge in [-0.2, -0.15) is 10.2 Å². The summed E-state index contributed by atoms with van der Waals surface area (Å²) in [5, 5.41) is 11.2. The van der Waals surface area contributed by atoms with Gasteiger partial charge < -0.3 is 0 Å². The highest BCUT2D eigenvalue weighted by Crippen LogP contribution is 2.63. The smallest absolute Gasteiger partial charge is 0.246 e. The molecule has 6 heteroatoms. The van der Waals surface area contributed by atoms with Crippen molar-refractivity contribution in [3.63, 3.8) is 0 Å². The van der Waals surface area contributed by atoms with E-state index in [-0.39, 0.29) is 29.1 Å². The molecule has 0 N–H and O–H groups in total. The van der Waals surface area contributed by atoms with E-state index in [0.717, 1.165) is 43.3 Å². The fraction of sp³-hybridized carbons (Fsp3) is 0.375. The van der Waals surface area contributed by atoms with Gasteiger partial charge in [0.25, 0.3) is 0 Å². The molecule has 7 rings (SSSR count). The number of carbonyl (C=O) groups excluding carboxylic acids is 1. The van der Waals surface area contributed by atoms with Gasteiger partial charge in [0, 0.05) is 25.1 Å². The minimum Gasteiger partial charge on any atom is -0.273 e. The predicted molar refractivity (Wildman–Crippen MR) is 112 cm³/mol. The van der Waals surface area contributed by atoms with Crippen LogP contribution >= 0.6 is 0 Å². The van der Waals surface area contributed by atoms with Gasteiger partial charge in [0.1, 0.15) is 5.82 Å². The number of halogens is 1. The summed E-state index contributed by atoms with van der Waals surface area (Å²) in [6.45, 7) is 0.742. The van der Waals surface area contributed by atoms with Gasteiger partial charge in [0.2, 0.25) is 5.91 Å². The number of amides is 1. The summed E-state index contributed by atoms with van der Waals surface area (Å²) in [5.41, 5.74) is 2.05. The van der Waals surface area contributed by atoms with Crippen LogP contribution in [0.5, 0.6) is 0 Å². The lowest BCUT2D eigenvalue weighted by Crippen LogP contribution is -2.35. The van der Waals surface area contributed by atoms with Crippen molar-refractivity contribution in [2.45, 2.75) is 38.3 Å². The summed E-state index contributed by atoms with van der Waals surface area (Å²) < 4.78 is 15.9. The number of hydrogen-bond acceptors (Lipinski definition) is 3. The Morgan fingerprint density at radius 2 is 1.93 bits per heavy atom. The number of aromatic nitrogens is 2. The minimum atomic E-state index is -0.235. The molecule has 1 aromatic heterocycles. The van der Waals surface area contributed by atoms with E-state index in [0.29, 0.717) is 11.3 Å². The fourth-order valence-electron chi connectivity index (χ4n) is 5.88. The Morgan fingerprint density at radius 1 is 1.10 bits per heavy atom. The Bertz CT molecular complexity index is 1150. The molecule has 1 unspecified atom stereocenters. The van der Waals surface area contributed by atoms with Crippen LogP contribution in [-0.4, -0.2) is 26.9 Å². The van der Waals surface area contributed by atoms with E-state index >= 15 is 0 Å². The second-order valence-electron chi connectivity index (χ2n) is 9.10. The zero-order valence-corrected chi connectivity index (χ0v) is 16.6. The highest BCUT2D eigenvalue weighted by molar-refractivity contribution is 5.83. The van der Waals surface area contributed by atoms with E-state index in [9.17, 15) is 9.18 Å². The molecule has 2 bridgehead atoms. The minimum absolute atomic E-state index is 0.00508. The number of hydrazone groups is 1. The fourth-order valence-corrected chi connectivity index (χ4v) is 5.88. The van der Waals surface area contributed by atoms with Crippen LogP contribution in [0, 0.1) is 23.1 Å². The number of rotatable bonds is 4. The van der Waals surface area contributed by atoms with E-state index in [4.69, 9.17) is 0 Å². The highest BCUT2D eigenvalue weighted by Gasteiger charge is 2.59. The first-order chi connectivity index (χ1) is 14.6. The first-order valence-corrected chi connectivity index (χ1v) is 10.6. The number of benzene rings is 2. The Balaban J connectivity index is 1.20. The Kier molecular flexibility index (Phi) is 3.85. The van der Waals surface area contributed by atoms with Crippen LogP contribution in [-0.2, 0) is 11.3 Å². The van der Waals surface area contributed by atoms with Crippen LogP contribution in [0.4, 0.5) is 4.39 Å². The van der Waals surface area contributed by atoms with Gasteiger partial charge in [0.05, 0.1) is 23.1 Å². The molecule has 1 aliphatic heterocycles. The molecule has 152 valence electrons. The molecule has 30 heavy (non-hydrogen) atoms. The third-order valence-electron chi connectivity index (χ3n) is 7.29. The summed E-state index contributed by atoms with van der Waals surface area (Å²) in [4.78, 5) is 13.4. The third-order valence-corrected chi connectivity index (χ3v) is 7.29. The van der Waals surface area contributed by atoms with Crippen molar-refractivity contribution in [1.29, 1.82) is 0 Å². The molecular formula is C24H23FN4O. The second-order valence-corrected chi connectivity index (χ2v) is 9.10. The van der Waals surface area contributed by atoms with Crippen molar-refractivity contribution in [3.05, 3.63) is 66.1 Å². The Hall–Kier alpha value is -3.02. The van der Waals surface area contributed by atoms with Crippen molar-refractivity contribution in [1.82, 2.24) is 14.8 Å². The summed E-state index contributed by atoms with van der Waals surface area (Å²) in [6, 6.07) is 15.3. The van der Waals surface area contributed by atoms with Crippen molar-refractivity contribution >= 4 is 23.0 Å². The average Bonchev–Trinajstić information content (AvgIpc) is 3.51. The van der Waals surface area contributed by atoms with Gasteiger partial charge in [-0.05, 0) is 48.3 Å². The quantitative estimate of drug-likeness (QED) is 0.643. The second kappa shape index (κ2) is 6.49. The zero-order chi connectivity index (χ0) is 20.3. The van der Waals surface area contributed by atoms with Gasteiger partial charge in [-0.1, -0.05) is 36.4 Å². The predicted octanol–water partition coefficient (Wildman–Crippen LogP) is 4.55. The number of fused-ring (bicyclic) bond motifs is 2. The Labute approximate surface area is 174 Å². The maximum absolute atomic E-state index is 14.0. The lowest BCUT2D eigenvalue weighted by molar-refractivity contribution is -0.138. The van der Waals surface area contributed by atoms with Crippen LogP contribution in [0.3, 0.4) is 0 Å². The van der Waals surface area contributed by atoms with Gasteiger partial charge in [-0.3, -0.25) is 9.48 Å². The van der Waals surface area contributed by atoms with Crippen molar-refractivity contribution in [3.8, 4) is 0 Å². The maximum atomic E-state index is 14.0. The number of nitrogens with zero attached hydrogens (tertiary/aromatic N) is 4. The zero-order valence-electron chi connectivity index (χ0n) is 16.6. The lowest BCUT2D eigenvalue weighted by atomic mass is 9.69. The van der Waals surface area contributed by atoms with E-state index in [1.54, 1.807) is 17.3 Å². The summed E-state index contributed by atoms with van der Waals surface area (Å²) in [5.74, 6) is 0.354. The van der Waals surface area contributed by atoms with Crippen LogP contribution in [0.15, 0.2) is 59.8 Å². The van der Waals surface area contributed by atoms with Crippen molar-refractivity contribution in [2.24, 2.45) is 22.4 Å². The van der Waals surface area contributed by atoms with Gasteiger partial charge in [0.15, 0.2) is 0 Å². The molecule has 4 aliphatic rings. The molecule has 3 saturated carbocycles. The molecule has 2 heterocycles. The molecule has 3 aliphatic carbocycles. The first-order valence-electron chi connectivity index (χ1n) is 10.6. The Morgan fingerprint density at radius 3 is 2.77 bits per heavy atom. The largest absolute Gasteiger partial charge is 0.273 e. The highest BCUT2D eigenvalue weighted by atomic mass is 19.1. The SMILES string of the molecule is O=C([C@H]1CC2(Cn3ncc4c(F)cccc43)CC1C2)N1N=CCC1c1ccccc1. The van der Waals surface area contributed by atoms with E-state index in [2.05, 4.69) is 22.3 Å². The monoisotopic (exact) mass is 402 g/mol. The van der Waals surface area contributed by atoms with E-state index in [1.165, 1.54) is 6.07 Å². The van der Waals surface area contributed by atoms with Crippen LogP contribution in [0.25, 0.3) is 10.9 Å². The molecular weight excluding hydrogens is 379 g/mol. The summed E-state index contributed by atoms with van der Waals surface area (Å²) in [7, 11) is 0. The molecule has 0 saturated heterocycles. The van der Waals surface area contributed by atoms with E-state index < -0.39 is 0 Å². The van der Waals surface area contributed by atoms with Gasteiger partial charge in [-0.15, -0.1) is 0 Å². The maximum Gasteiger partial charge on any atom is 0.246 e. The molecule has 3 fully saturated rings. The van der Waals surface area contributed by atoms with Crippen molar-refractivity contribution < 1.29 is 9.18 Å². The van der Waals surface area contributed by atoms with E-state index in [1.807, 2.05) is 35.2 Å². The summed E-state index contributed by atoms with van der Waals surface area (Å²) in [6.07, 6.45) is 7.17. The molecule has 0 radical (unpaired) electrons. The first kappa shape index (κ1) is 17.8. The van der Waals surface area contributed by atoms with Crippen LogP contribution in [0.2, 0.25) is 0 Å². The van der Waals surface area contributed by atoms with Crippen LogP contribution in [0.1, 0.15) is 37.3 Å². The van der Waals surface area contributed by atoms with Gasteiger partial charge in [-0.25, -0.2) is 9.40 Å². The van der Waals surface area contributed by atoms with Crippen LogP contribution < -0.4 is 0 Å².